The van der Waals surface area contributed by atoms with Crippen molar-refractivity contribution in [2.24, 2.45) is 5.84 Å². The predicted octanol–water partition coefficient (Wildman–Crippen LogP) is 2.02. The van der Waals surface area contributed by atoms with Crippen LogP contribution in [-0.2, 0) is 11.2 Å². The Kier molecular flexibility index (Phi) is 4.98. The van der Waals surface area contributed by atoms with E-state index in [4.69, 9.17) is 10.6 Å². The summed E-state index contributed by atoms with van der Waals surface area (Å²) in [5.74, 6) is 5.61. The van der Waals surface area contributed by atoms with Crippen molar-refractivity contribution in [2.75, 3.05) is 6.61 Å². The first-order chi connectivity index (χ1) is 8.38. The molecule has 0 radical (unpaired) electrons. The van der Waals surface area contributed by atoms with Gasteiger partial charge in [0.1, 0.15) is 0 Å². The monoisotopic (exact) mass is 234 g/mol. The second-order valence-electron chi connectivity index (χ2n) is 4.77. The molecule has 2 unspecified atom stereocenters. The Bertz CT molecular complexity index is 309. The highest BCUT2D eigenvalue weighted by Gasteiger charge is 2.17. The number of hydrogen-bond acceptors (Lipinski definition) is 3. The topological polar surface area (TPSA) is 47.3 Å². The molecule has 3 nitrogen and oxygen atoms in total. The van der Waals surface area contributed by atoms with Crippen LogP contribution in [0.2, 0.25) is 0 Å². The summed E-state index contributed by atoms with van der Waals surface area (Å²) in [4.78, 5) is 0. The van der Waals surface area contributed by atoms with Crippen LogP contribution in [0.5, 0.6) is 0 Å². The van der Waals surface area contributed by atoms with Crippen molar-refractivity contribution in [1.29, 1.82) is 0 Å². The summed E-state index contributed by atoms with van der Waals surface area (Å²) in [6, 6.07) is 10.8. The van der Waals surface area contributed by atoms with Crippen molar-refractivity contribution >= 4 is 0 Å². The molecule has 3 heteroatoms. The zero-order valence-corrected chi connectivity index (χ0v) is 10.3. The molecule has 0 bridgehead atoms. The summed E-state index contributed by atoms with van der Waals surface area (Å²) in [6.45, 7) is 0.935. The van der Waals surface area contributed by atoms with Gasteiger partial charge in [0, 0.05) is 12.6 Å². The molecular formula is C14H22N2O. The summed E-state index contributed by atoms with van der Waals surface area (Å²) in [7, 11) is 0. The zero-order chi connectivity index (χ0) is 11.9. The molecule has 1 heterocycles. The molecule has 1 aliphatic heterocycles. The maximum atomic E-state index is 5.63. The van der Waals surface area contributed by atoms with Crippen molar-refractivity contribution in [2.45, 2.75) is 44.2 Å². The largest absolute Gasteiger partial charge is 0.378 e. The Morgan fingerprint density at radius 1 is 1.35 bits per heavy atom. The molecule has 2 atom stereocenters. The minimum Gasteiger partial charge on any atom is -0.378 e. The van der Waals surface area contributed by atoms with Gasteiger partial charge >= 0.3 is 0 Å². The molecule has 1 fully saturated rings. The number of rotatable bonds is 6. The van der Waals surface area contributed by atoms with Crippen molar-refractivity contribution in [3.63, 3.8) is 0 Å². The minimum absolute atomic E-state index is 0.349. The number of ether oxygens (including phenoxy) is 1. The third kappa shape index (κ3) is 4.11. The SMILES string of the molecule is NNC(CCC1CCCO1)Cc1ccccc1. The third-order valence-corrected chi connectivity index (χ3v) is 3.42. The first-order valence-electron chi connectivity index (χ1n) is 6.50. The molecule has 2 rings (SSSR count). The second kappa shape index (κ2) is 6.74. The molecule has 0 aromatic heterocycles. The van der Waals surface area contributed by atoms with E-state index in [-0.39, 0.29) is 0 Å². The average Bonchev–Trinajstić information content (AvgIpc) is 2.89. The van der Waals surface area contributed by atoms with E-state index in [9.17, 15) is 0 Å². The zero-order valence-electron chi connectivity index (χ0n) is 10.3. The predicted molar refractivity (Wildman–Crippen MR) is 69.5 cm³/mol. The first kappa shape index (κ1) is 12.6. The summed E-state index contributed by atoms with van der Waals surface area (Å²) in [5.41, 5.74) is 4.25. The van der Waals surface area contributed by atoms with E-state index in [1.54, 1.807) is 0 Å². The van der Waals surface area contributed by atoms with Gasteiger partial charge in [0.05, 0.1) is 6.10 Å². The number of benzene rings is 1. The van der Waals surface area contributed by atoms with Crippen LogP contribution in [-0.4, -0.2) is 18.8 Å². The highest BCUT2D eigenvalue weighted by atomic mass is 16.5. The smallest absolute Gasteiger partial charge is 0.0576 e. The fourth-order valence-corrected chi connectivity index (χ4v) is 2.40. The summed E-state index contributed by atoms with van der Waals surface area (Å²) >= 11 is 0. The maximum Gasteiger partial charge on any atom is 0.0576 e. The Morgan fingerprint density at radius 3 is 2.82 bits per heavy atom. The van der Waals surface area contributed by atoms with Crippen molar-refractivity contribution in [3.8, 4) is 0 Å². The number of hydrogen-bond donors (Lipinski definition) is 2. The van der Waals surface area contributed by atoms with Gasteiger partial charge in [-0.1, -0.05) is 30.3 Å². The molecule has 0 aliphatic carbocycles. The van der Waals surface area contributed by atoms with Crippen LogP contribution in [0.4, 0.5) is 0 Å². The Morgan fingerprint density at radius 2 is 2.18 bits per heavy atom. The van der Waals surface area contributed by atoms with Crippen LogP contribution >= 0.6 is 0 Å². The molecule has 1 aromatic carbocycles. The second-order valence-corrected chi connectivity index (χ2v) is 4.77. The van der Waals surface area contributed by atoms with Crippen LogP contribution in [0.15, 0.2) is 30.3 Å². The number of nitrogens with two attached hydrogens (primary N) is 1. The Balaban J connectivity index is 1.76. The summed E-state index contributed by atoms with van der Waals surface area (Å²) < 4.78 is 5.63. The van der Waals surface area contributed by atoms with E-state index in [0.29, 0.717) is 12.1 Å². The molecule has 0 spiro atoms. The van der Waals surface area contributed by atoms with E-state index in [1.165, 1.54) is 18.4 Å². The fourth-order valence-electron chi connectivity index (χ4n) is 2.40. The van der Waals surface area contributed by atoms with Gasteiger partial charge in [-0.05, 0) is 37.7 Å². The molecule has 1 aliphatic rings. The Labute approximate surface area is 103 Å². The minimum atomic E-state index is 0.349. The molecule has 3 N–H and O–H groups in total. The third-order valence-electron chi connectivity index (χ3n) is 3.42. The summed E-state index contributed by atoms with van der Waals surface area (Å²) in [5, 5.41) is 0. The average molecular weight is 234 g/mol. The molecule has 17 heavy (non-hydrogen) atoms. The van der Waals surface area contributed by atoms with Gasteiger partial charge in [0.2, 0.25) is 0 Å². The lowest BCUT2D eigenvalue weighted by Crippen LogP contribution is -2.37. The highest BCUT2D eigenvalue weighted by molar-refractivity contribution is 5.15. The van der Waals surface area contributed by atoms with E-state index in [1.807, 2.05) is 6.07 Å². The van der Waals surface area contributed by atoms with Crippen LogP contribution in [0.1, 0.15) is 31.2 Å². The molecule has 0 amide bonds. The first-order valence-corrected chi connectivity index (χ1v) is 6.50. The van der Waals surface area contributed by atoms with Crippen molar-refractivity contribution in [3.05, 3.63) is 35.9 Å². The lowest BCUT2D eigenvalue weighted by Gasteiger charge is -2.18. The lowest BCUT2D eigenvalue weighted by molar-refractivity contribution is 0.0996. The number of nitrogens with one attached hydrogen (secondary N) is 1. The highest BCUT2D eigenvalue weighted by Crippen LogP contribution is 2.18. The van der Waals surface area contributed by atoms with Crippen molar-refractivity contribution < 1.29 is 4.74 Å². The van der Waals surface area contributed by atoms with Gasteiger partial charge in [0.25, 0.3) is 0 Å². The van der Waals surface area contributed by atoms with Crippen molar-refractivity contribution in [1.82, 2.24) is 5.43 Å². The quantitative estimate of drug-likeness (QED) is 0.585. The lowest BCUT2D eigenvalue weighted by atomic mass is 10.00. The maximum absolute atomic E-state index is 5.63. The normalized spacial score (nSPS) is 21.6. The van der Waals surface area contributed by atoms with Crippen LogP contribution < -0.4 is 11.3 Å². The molecule has 94 valence electrons. The van der Waals surface area contributed by atoms with Crippen LogP contribution in [0.3, 0.4) is 0 Å². The molecule has 1 aromatic rings. The van der Waals surface area contributed by atoms with Gasteiger partial charge in [-0.15, -0.1) is 0 Å². The Hall–Kier alpha value is -0.900. The number of hydrazine groups is 1. The molecule has 0 saturated carbocycles. The van der Waals surface area contributed by atoms with E-state index >= 15 is 0 Å². The van der Waals surface area contributed by atoms with Gasteiger partial charge in [-0.2, -0.15) is 0 Å². The van der Waals surface area contributed by atoms with E-state index in [0.717, 1.165) is 25.9 Å². The fraction of sp³-hybridized carbons (Fsp3) is 0.571. The van der Waals surface area contributed by atoms with Crippen LogP contribution in [0.25, 0.3) is 0 Å². The molecule has 1 saturated heterocycles. The summed E-state index contributed by atoms with van der Waals surface area (Å²) in [6.07, 6.45) is 6.07. The van der Waals surface area contributed by atoms with Gasteiger partial charge in [-0.25, -0.2) is 0 Å². The van der Waals surface area contributed by atoms with E-state index < -0.39 is 0 Å². The van der Waals surface area contributed by atoms with E-state index in [2.05, 4.69) is 29.7 Å². The van der Waals surface area contributed by atoms with Gasteiger partial charge in [0.15, 0.2) is 0 Å². The van der Waals surface area contributed by atoms with Gasteiger partial charge in [-0.3, -0.25) is 11.3 Å². The standard InChI is InChI=1S/C14H22N2O/c15-16-13(8-9-14-7-4-10-17-14)11-12-5-2-1-3-6-12/h1-3,5-6,13-14,16H,4,7-11,15H2. The molecular weight excluding hydrogens is 212 g/mol. The van der Waals surface area contributed by atoms with Crippen LogP contribution in [0, 0.1) is 0 Å². The van der Waals surface area contributed by atoms with Gasteiger partial charge < -0.3 is 4.74 Å².